The van der Waals surface area contributed by atoms with Crippen molar-refractivity contribution in [2.24, 2.45) is 0 Å². The molecule has 0 N–H and O–H groups in total. The number of alkyl halides is 1. The van der Waals surface area contributed by atoms with Crippen molar-refractivity contribution in [3.63, 3.8) is 0 Å². The van der Waals surface area contributed by atoms with Gasteiger partial charge >= 0.3 is 0 Å². The lowest BCUT2D eigenvalue weighted by Crippen LogP contribution is -1.81. The van der Waals surface area contributed by atoms with E-state index in [2.05, 4.69) is 0 Å². The first-order valence-electron chi connectivity index (χ1n) is 2.78. The van der Waals surface area contributed by atoms with Crippen molar-refractivity contribution >= 4 is 18.7 Å². The van der Waals surface area contributed by atoms with E-state index in [0.717, 1.165) is 0 Å². The molecule has 0 unspecified atom stereocenters. The Balaban J connectivity index is 2.65. The summed E-state index contributed by atoms with van der Waals surface area (Å²) in [6, 6.07) is 0. The van der Waals surface area contributed by atoms with Crippen LogP contribution in [0.4, 0.5) is 0 Å². The summed E-state index contributed by atoms with van der Waals surface area (Å²) in [7, 11) is -2.06. The van der Waals surface area contributed by atoms with Crippen LogP contribution >= 0.6 is 18.7 Å². The molecule has 3 heteroatoms. The zero-order valence-corrected chi connectivity index (χ0v) is 6.61. The van der Waals surface area contributed by atoms with Gasteiger partial charge in [0.1, 0.15) is 7.14 Å². The van der Waals surface area contributed by atoms with E-state index >= 15 is 0 Å². The predicted octanol–water partition coefficient (Wildman–Crippen LogP) is 2.63. The van der Waals surface area contributed by atoms with Crippen LogP contribution in [0.25, 0.3) is 0 Å². The van der Waals surface area contributed by atoms with E-state index in [1.807, 2.05) is 12.2 Å². The highest BCUT2D eigenvalue weighted by Crippen LogP contribution is 2.51. The molecule has 1 rings (SSSR count). The second-order valence-corrected chi connectivity index (χ2v) is 5.08. The lowest BCUT2D eigenvalue weighted by Gasteiger charge is -2.00. The van der Waals surface area contributed by atoms with Crippen molar-refractivity contribution in [1.82, 2.24) is 0 Å². The van der Waals surface area contributed by atoms with Crippen LogP contribution < -0.4 is 0 Å². The fourth-order valence-electron chi connectivity index (χ4n) is 0.722. The van der Waals surface area contributed by atoms with E-state index in [9.17, 15) is 4.57 Å². The zero-order chi connectivity index (χ0) is 6.74. The van der Waals surface area contributed by atoms with E-state index < -0.39 is 7.14 Å². The topological polar surface area (TPSA) is 17.1 Å². The zero-order valence-electron chi connectivity index (χ0n) is 4.96. The van der Waals surface area contributed by atoms with E-state index in [-0.39, 0.29) is 0 Å². The lowest BCUT2D eigenvalue weighted by molar-refractivity contribution is 0.587. The number of hydrogen-bond donors (Lipinski definition) is 0. The maximum atomic E-state index is 11.4. The average molecular weight is 163 g/mol. The maximum Gasteiger partial charge on any atom is 0.130 e. The highest BCUT2D eigenvalue weighted by Gasteiger charge is 2.14. The van der Waals surface area contributed by atoms with Crippen LogP contribution in [0.15, 0.2) is 23.8 Å². The van der Waals surface area contributed by atoms with Gasteiger partial charge in [-0.3, -0.25) is 0 Å². The van der Waals surface area contributed by atoms with Crippen molar-refractivity contribution in [2.45, 2.75) is 0 Å². The van der Waals surface area contributed by atoms with Gasteiger partial charge in [0.15, 0.2) is 0 Å². The summed E-state index contributed by atoms with van der Waals surface area (Å²) in [6.45, 7) is 0. The van der Waals surface area contributed by atoms with Crippen LogP contribution in [0.3, 0.4) is 0 Å². The van der Waals surface area contributed by atoms with Gasteiger partial charge in [0, 0.05) is 12.0 Å². The average Bonchev–Trinajstić information content (AvgIpc) is 2.16. The van der Waals surface area contributed by atoms with E-state index in [1.165, 1.54) is 0 Å². The summed E-state index contributed by atoms with van der Waals surface area (Å²) in [5, 5.41) is 0. The van der Waals surface area contributed by atoms with Crippen molar-refractivity contribution in [3.05, 3.63) is 23.8 Å². The van der Waals surface area contributed by atoms with E-state index in [0.29, 0.717) is 12.0 Å². The Labute approximate surface area is 59.8 Å². The molecule has 1 heterocycles. The van der Waals surface area contributed by atoms with E-state index in [4.69, 9.17) is 11.6 Å². The molecule has 0 aromatic heterocycles. The van der Waals surface area contributed by atoms with Crippen molar-refractivity contribution in [3.8, 4) is 0 Å². The minimum absolute atomic E-state index is 0.478. The predicted molar refractivity (Wildman–Crippen MR) is 41.5 cm³/mol. The Hall–Kier alpha value is 0. The lowest BCUT2D eigenvalue weighted by atomic mass is 10.6. The molecule has 1 nitrogen and oxygen atoms in total. The molecule has 50 valence electrons. The van der Waals surface area contributed by atoms with Gasteiger partial charge in [-0.25, -0.2) is 0 Å². The molecule has 0 saturated carbocycles. The fourth-order valence-corrected chi connectivity index (χ4v) is 2.96. The van der Waals surface area contributed by atoms with Gasteiger partial charge < -0.3 is 4.57 Å². The van der Waals surface area contributed by atoms with Crippen molar-refractivity contribution < 1.29 is 4.57 Å². The van der Waals surface area contributed by atoms with Crippen LogP contribution in [-0.2, 0) is 4.57 Å². The Morgan fingerprint density at radius 1 is 1.33 bits per heavy atom. The number of halogens is 1. The minimum Gasteiger partial charge on any atom is -0.315 e. The van der Waals surface area contributed by atoms with Crippen LogP contribution in [0, 0.1) is 0 Å². The molecule has 0 atom stereocenters. The van der Waals surface area contributed by atoms with Gasteiger partial charge in [0.25, 0.3) is 0 Å². The smallest absolute Gasteiger partial charge is 0.130 e. The van der Waals surface area contributed by atoms with Gasteiger partial charge in [-0.2, -0.15) is 0 Å². The highest BCUT2D eigenvalue weighted by atomic mass is 35.5. The molecular formula is C6H8ClOP. The molecule has 0 saturated heterocycles. The quantitative estimate of drug-likeness (QED) is 0.451. The molecule has 0 spiro atoms. The van der Waals surface area contributed by atoms with Crippen LogP contribution in [0.1, 0.15) is 0 Å². The largest absolute Gasteiger partial charge is 0.315 e. The molecule has 0 aromatic rings. The summed E-state index contributed by atoms with van der Waals surface area (Å²) in [5.41, 5.74) is 0. The first-order valence-corrected chi connectivity index (χ1v) is 5.35. The van der Waals surface area contributed by atoms with Gasteiger partial charge in [-0.15, -0.1) is 11.6 Å². The summed E-state index contributed by atoms with van der Waals surface area (Å²) >= 11 is 5.43. The summed E-state index contributed by atoms with van der Waals surface area (Å²) in [6.07, 6.45) is 4.22. The molecule has 0 aromatic carbocycles. The molecule has 9 heavy (non-hydrogen) atoms. The minimum atomic E-state index is -2.06. The maximum absolute atomic E-state index is 11.4. The molecule has 1 aliphatic rings. The first-order chi connectivity index (χ1) is 4.27. The molecule has 0 aliphatic carbocycles. The van der Waals surface area contributed by atoms with E-state index in [1.54, 1.807) is 11.6 Å². The van der Waals surface area contributed by atoms with Crippen molar-refractivity contribution in [2.75, 3.05) is 12.0 Å². The van der Waals surface area contributed by atoms with Gasteiger partial charge in [0.05, 0.1) is 0 Å². The third-order valence-corrected chi connectivity index (χ3v) is 3.95. The summed E-state index contributed by atoms with van der Waals surface area (Å²) in [5.74, 6) is 3.97. The molecule has 0 fully saturated rings. The molecule has 0 bridgehead atoms. The number of allylic oxidation sites excluding steroid dienone is 2. The monoisotopic (exact) mass is 162 g/mol. The Morgan fingerprint density at radius 3 is 2.33 bits per heavy atom. The number of rotatable bonds is 2. The van der Waals surface area contributed by atoms with Crippen LogP contribution in [0.2, 0.25) is 0 Å². The molecular weight excluding hydrogens is 154 g/mol. The molecule has 0 amide bonds. The number of hydrogen-bond acceptors (Lipinski definition) is 1. The van der Waals surface area contributed by atoms with Gasteiger partial charge in [0.2, 0.25) is 0 Å². The molecule has 1 aliphatic heterocycles. The standard InChI is InChI=1S/C6H8ClOP/c7-3-6-9(8)4-1-2-5-9/h1-2,4-5H,3,6H2. The summed E-state index contributed by atoms with van der Waals surface area (Å²) in [4.78, 5) is 0. The second kappa shape index (κ2) is 2.72. The second-order valence-electron chi connectivity index (χ2n) is 1.95. The van der Waals surface area contributed by atoms with Gasteiger partial charge in [-0.1, -0.05) is 12.2 Å². The SMILES string of the molecule is O=P1(CCCl)C=CC=C1. The Kier molecular flexibility index (Phi) is 2.15. The van der Waals surface area contributed by atoms with Crippen molar-refractivity contribution in [1.29, 1.82) is 0 Å². The molecule has 0 radical (unpaired) electrons. The first kappa shape index (κ1) is 7.11. The third kappa shape index (κ3) is 1.70. The van der Waals surface area contributed by atoms with Gasteiger partial charge in [-0.05, 0) is 11.6 Å². The Morgan fingerprint density at radius 2 is 1.89 bits per heavy atom. The van der Waals surface area contributed by atoms with Crippen LogP contribution in [0.5, 0.6) is 0 Å². The Bertz CT molecular complexity index is 179. The summed E-state index contributed by atoms with van der Waals surface area (Å²) < 4.78 is 11.4. The third-order valence-electron chi connectivity index (χ3n) is 1.22. The highest BCUT2D eigenvalue weighted by molar-refractivity contribution is 7.70. The normalized spacial score (nSPS) is 21.0. The fraction of sp³-hybridized carbons (Fsp3) is 0.333. The van der Waals surface area contributed by atoms with Crippen LogP contribution in [-0.4, -0.2) is 12.0 Å².